The zero-order chi connectivity index (χ0) is 18.4. The second-order valence-electron chi connectivity index (χ2n) is 7.31. The molecule has 0 spiro atoms. The molecule has 3 saturated heterocycles. The molecule has 3 aliphatic rings. The van der Waals surface area contributed by atoms with Crippen LogP contribution in [0.25, 0.3) is 11.0 Å². The summed E-state index contributed by atoms with van der Waals surface area (Å²) in [5.74, 6) is 1.17. The molecule has 1 aromatic carbocycles. The standard InChI is InChI=1S/C20H21FN6/c1-12-3-2-4-15(18(12)21)25-20-19-16(23-11-24-20)7-8-17(26-19)27-10-13-5-6-14(27)9-22-13/h2-4,7-8,11,13-14,22H,5-6,9-10H2,1H3,(H,23,24,25)/t13-,14?/m1/s1. The van der Waals surface area contributed by atoms with Gasteiger partial charge in [-0.25, -0.2) is 19.3 Å². The molecule has 3 aromatic rings. The maximum atomic E-state index is 14.4. The van der Waals surface area contributed by atoms with E-state index in [-0.39, 0.29) is 5.82 Å². The van der Waals surface area contributed by atoms with E-state index in [0.29, 0.717) is 34.7 Å². The van der Waals surface area contributed by atoms with Crippen molar-refractivity contribution in [3.05, 3.63) is 48.0 Å². The molecule has 3 aliphatic heterocycles. The van der Waals surface area contributed by atoms with E-state index in [9.17, 15) is 4.39 Å². The molecule has 7 heteroatoms. The largest absolute Gasteiger partial charge is 0.351 e. The number of hydrogen-bond acceptors (Lipinski definition) is 6. The average molecular weight is 364 g/mol. The summed E-state index contributed by atoms with van der Waals surface area (Å²) >= 11 is 0. The summed E-state index contributed by atoms with van der Waals surface area (Å²) in [7, 11) is 0. The van der Waals surface area contributed by atoms with Crippen LogP contribution in [0, 0.1) is 12.7 Å². The summed E-state index contributed by atoms with van der Waals surface area (Å²) in [6.45, 7) is 3.70. The number of aromatic nitrogens is 3. The molecular weight excluding hydrogens is 343 g/mol. The lowest BCUT2D eigenvalue weighted by Crippen LogP contribution is -2.61. The van der Waals surface area contributed by atoms with Crippen LogP contribution in [0.1, 0.15) is 18.4 Å². The van der Waals surface area contributed by atoms with Gasteiger partial charge in [0.05, 0.1) is 11.2 Å². The van der Waals surface area contributed by atoms with Gasteiger partial charge in [0.15, 0.2) is 5.82 Å². The minimum absolute atomic E-state index is 0.278. The van der Waals surface area contributed by atoms with Gasteiger partial charge in [-0.2, -0.15) is 0 Å². The first-order chi connectivity index (χ1) is 13.2. The van der Waals surface area contributed by atoms with E-state index < -0.39 is 0 Å². The Kier molecular flexibility index (Phi) is 3.89. The number of piperazine rings is 1. The average Bonchev–Trinajstić information content (AvgIpc) is 2.72. The van der Waals surface area contributed by atoms with Gasteiger partial charge in [0.2, 0.25) is 0 Å². The lowest BCUT2D eigenvalue weighted by molar-refractivity contribution is 0.289. The molecule has 27 heavy (non-hydrogen) atoms. The number of anilines is 3. The van der Waals surface area contributed by atoms with E-state index in [4.69, 9.17) is 4.98 Å². The Bertz CT molecular complexity index is 999. The fraction of sp³-hybridized carbons (Fsp3) is 0.350. The normalized spacial score (nSPS) is 21.6. The number of nitrogens with zero attached hydrogens (tertiary/aromatic N) is 4. The van der Waals surface area contributed by atoms with Crippen LogP contribution in [-0.2, 0) is 0 Å². The fourth-order valence-corrected chi connectivity index (χ4v) is 4.04. The summed E-state index contributed by atoms with van der Waals surface area (Å²) in [4.78, 5) is 15.9. The Hall–Kier alpha value is -2.80. The summed E-state index contributed by atoms with van der Waals surface area (Å²) in [5.41, 5.74) is 2.38. The molecule has 0 radical (unpaired) electrons. The lowest BCUT2D eigenvalue weighted by atomic mass is 9.93. The molecule has 1 unspecified atom stereocenters. The van der Waals surface area contributed by atoms with Gasteiger partial charge in [-0.1, -0.05) is 12.1 Å². The number of hydrogen-bond donors (Lipinski definition) is 2. The SMILES string of the molecule is Cc1cccc(Nc2ncnc3ccc(N4C[C@H]5CCC4CN5)nc23)c1F. The molecule has 2 aromatic heterocycles. The van der Waals surface area contributed by atoms with Gasteiger partial charge in [-0.05, 0) is 43.5 Å². The third-order valence-corrected chi connectivity index (χ3v) is 5.55. The van der Waals surface area contributed by atoms with Crippen molar-refractivity contribution in [3.8, 4) is 0 Å². The molecule has 138 valence electrons. The highest BCUT2D eigenvalue weighted by molar-refractivity contribution is 5.88. The van der Waals surface area contributed by atoms with Crippen LogP contribution in [-0.4, -0.2) is 40.1 Å². The summed E-state index contributed by atoms with van der Waals surface area (Å²) in [6, 6.07) is 10.2. The van der Waals surface area contributed by atoms with E-state index in [1.54, 1.807) is 19.1 Å². The monoisotopic (exact) mass is 364 g/mol. The molecular formula is C20H21FN6. The number of rotatable bonds is 3. The van der Waals surface area contributed by atoms with Crippen LogP contribution < -0.4 is 15.5 Å². The van der Waals surface area contributed by atoms with Gasteiger partial charge in [0.1, 0.15) is 23.5 Å². The number of halogens is 1. The number of fused-ring (bicyclic) bond motifs is 4. The Morgan fingerprint density at radius 1 is 1.19 bits per heavy atom. The molecule has 5 heterocycles. The van der Waals surface area contributed by atoms with Crippen LogP contribution >= 0.6 is 0 Å². The first kappa shape index (κ1) is 16.4. The first-order valence-corrected chi connectivity index (χ1v) is 9.33. The Balaban J connectivity index is 1.54. The van der Waals surface area contributed by atoms with Gasteiger partial charge in [0, 0.05) is 25.2 Å². The van der Waals surface area contributed by atoms with Gasteiger partial charge in [0.25, 0.3) is 0 Å². The second kappa shape index (κ2) is 6.42. The molecule has 6 nitrogen and oxygen atoms in total. The third kappa shape index (κ3) is 2.88. The van der Waals surface area contributed by atoms with Crippen molar-refractivity contribution in [2.45, 2.75) is 31.8 Å². The van der Waals surface area contributed by atoms with Crippen LogP contribution in [0.4, 0.5) is 21.7 Å². The van der Waals surface area contributed by atoms with Crippen molar-refractivity contribution in [1.29, 1.82) is 0 Å². The van der Waals surface area contributed by atoms with E-state index in [0.717, 1.165) is 24.4 Å². The van der Waals surface area contributed by atoms with Crippen molar-refractivity contribution in [2.24, 2.45) is 0 Å². The van der Waals surface area contributed by atoms with Crippen molar-refractivity contribution < 1.29 is 4.39 Å². The Morgan fingerprint density at radius 3 is 2.89 bits per heavy atom. The molecule has 2 bridgehead atoms. The van der Waals surface area contributed by atoms with Crippen molar-refractivity contribution in [1.82, 2.24) is 20.3 Å². The maximum absolute atomic E-state index is 14.4. The molecule has 3 fully saturated rings. The predicted molar refractivity (Wildman–Crippen MR) is 104 cm³/mol. The molecule has 0 saturated carbocycles. The van der Waals surface area contributed by atoms with Crippen molar-refractivity contribution in [3.63, 3.8) is 0 Å². The zero-order valence-electron chi connectivity index (χ0n) is 15.1. The zero-order valence-corrected chi connectivity index (χ0v) is 15.1. The fourth-order valence-electron chi connectivity index (χ4n) is 4.04. The maximum Gasteiger partial charge on any atom is 0.160 e. The van der Waals surface area contributed by atoms with Crippen LogP contribution in [0.2, 0.25) is 0 Å². The third-order valence-electron chi connectivity index (χ3n) is 5.55. The molecule has 6 rings (SSSR count). The molecule has 0 amide bonds. The molecule has 2 N–H and O–H groups in total. The second-order valence-corrected chi connectivity index (χ2v) is 7.31. The van der Waals surface area contributed by atoms with E-state index in [1.165, 1.54) is 19.2 Å². The topological polar surface area (TPSA) is 66.0 Å². The van der Waals surface area contributed by atoms with Crippen molar-refractivity contribution >= 4 is 28.4 Å². The van der Waals surface area contributed by atoms with Gasteiger partial charge >= 0.3 is 0 Å². The highest BCUT2D eigenvalue weighted by atomic mass is 19.1. The minimum atomic E-state index is -0.278. The minimum Gasteiger partial charge on any atom is -0.351 e. The van der Waals surface area contributed by atoms with Crippen molar-refractivity contribution in [2.75, 3.05) is 23.3 Å². The molecule has 2 atom stereocenters. The summed E-state index contributed by atoms with van der Waals surface area (Å²) < 4.78 is 14.4. The highest BCUT2D eigenvalue weighted by Crippen LogP contribution is 2.30. The smallest absolute Gasteiger partial charge is 0.160 e. The van der Waals surface area contributed by atoms with Crippen LogP contribution in [0.15, 0.2) is 36.7 Å². The Morgan fingerprint density at radius 2 is 2.11 bits per heavy atom. The number of nitrogens with one attached hydrogen (secondary N) is 2. The van der Waals surface area contributed by atoms with Crippen LogP contribution in [0.5, 0.6) is 0 Å². The van der Waals surface area contributed by atoms with Gasteiger partial charge in [-0.3, -0.25) is 0 Å². The molecule has 0 aliphatic carbocycles. The summed E-state index contributed by atoms with van der Waals surface area (Å²) in [6.07, 6.45) is 3.88. The Labute approximate surface area is 156 Å². The number of piperidine rings is 2. The number of pyridine rings is 1. The predicted octanol–water partition coefficient (Wildman–Crippen LogP) is 3.16. The quantitative estimate of drug-likeness (QED) is 0.744. The van der Waals surface area contributed by atoms with E-state index in [2.05, 4.69) is 25.5 Å². The highest BCUT2D eigenvalue weighted by Gasteiger charge is 2.34. The number of aryl methyl sites for hydroxylation is 1. The van der Waals surface area contributed by atoms with Gasteiger partial charge in [-0.15, -0.1) is 0 Å². The first-order valence-electron chi connectivity index (χ1n) is 9.33. The van der Waals surface area contributed by atoms with Gasteiger partial charge < -0.3 is 15.5 Å². The van der Waals surface area contributed by atoms with E-state index in [1.807, 2.05) is 18.2 Å². The summed E-state index contributed by atoms with van der Waals surface area (Å²) in [5, 5.41) is 6.66. The van der Waals surface area contributed by atoms with Crippen LogP contribution in [0.3, 0.4) is 0 Å². The van der Waals surface area contributed by atoms with E-state index >= 15 is 0 Å². The lowest BCUT2D eigenvalue weighted by Gasteiger charge is -2.46. The number of benzene rings is 1.